The van der Waals surface area contributed by atoms with Crippen molar-refractivity contribution < 1.29 is 28.6 Å². The van der Waals surface area contributed by atoms with Gasteiger partial charge >= 0.3 is 17.9 Å². The van der Waals surface area contributed by atoms with Gasteiger partial charge < -0.3 is 14.2 Å². The van der Waals surface area contributed by atoms with Crippen molar-refractivity contribution in [3.05, 3.63) is 0 Å². The van der Waals surface area contributed by atoms with Crippen molar-refractivity contribution in [1.82, 2.24) is 0 Å². The molecule has 0 rings (SSSR count). The van der Waals surface area contributed by atoms with E-state index < -0.39 is 6.10 Å². The highest BCUT2D eigenvalue weighted by atomic mass is 16.6. The molecule has 0 aliphatic rings. The van der Waals surface area contributed by atoms with Gasteiger partial charge in [0.25, 0.3) is 0 Å². The highest BCUT2D eigenvalue weighted by Gasteiger charge is 2.19. The Labute approximate surface area is 361 Å². The van der Waals surface area contributed by atoms with Crippen LogP contribution in [0.3, 0.4) is 0 Å². The topological polar surface area (TPSA) is 78.9 Å². The molecule has 0 fully saturated rings. The van der Waals surface area contributed by atoms with Crippen LogP contribution in [-0.2, 0) is 28.6 Å². The summed E-state index contributed by atoms with van der Waals surface area (Å²) >= 11 is 0. The first-order chi connectivity index (χ1) is 28.5. The quantitative estimate of drug-likeness (QED) is 0.0346. The third-order valence-electron chi connectivity index (χ3n) is 11.9. The molecule has 0 aromatic heterocycles. The normalized spacial score (nSPS) is 11.8. The summed E-state index contributed by atoms with van der Waals surface area (Å²) in [6, 6.07) is 0. The zero-order chi connectivity index (χ0) is 42.3. The van der Waals surface area contributed by atoms with E-state index in [-0.39, 0.29) is 31.1 Å². The standard InChI is InChI=1S/C52H100O6/c1-4-7-10-13-16-18-20-22-24-25-26-28-30-32-34-37-40-43-46-52(55)58-49(47-56-50(53)44-41-38-35-15-12-9-6-3)48-57-51(54)45-42-39-36-33-31-29-27-23-21-19-17-14-11-8-5-2/h49H,4-48H2,1-3H3/t49-/m0/s1. The number of ether oxygens (including phenoxy) is 3. The molecule has 6 heteroatoms. The molecule has 0 saturated carbocycles. The van der Waals surface area contributed by atoms with E-state index in [1.807, 2.05) is 0 Å². The lowest BCUT2D eigenvalue weighted by atomic mass is 10.0. The van der Waals surface area contributed by atoms with Gasteiger partial charge in [0, 0.05) is 19.3 Å². The number of carbonyl (C=O) groups excluding carboxylic acids is 3. The average Bonchev–Trinajstić information content (AvgIpc) is 3.22. The van der Waals surface area contributed by atoms with Gasteiger partial charge in [0.1, 0.15) is 13.2 Å². The summed E-state index contributed by atoms with van der Waals surface area (Å²) in [6.45, 7) is 6.64. The van der Waals surface area contributed by atoms with Gasteiger partial charge in [-0.15, -0.1) is 0 Å². The van der Waals surface area contributed by atoms with Gasteiger partial charge in [-0.3, -0.25) is 14.4 Å². The van der Waals surface area contributed by atoms with Crippen molar-refractivity contribution in [2.75, 3.05) is 13.2 Å². The molecule has 0 bridgehead atoms. The Kier molecular flexibility index (Phi) is 46.8. The molecule has 0 unspecified atom stereocenters. The van der Waals surface area contributed by atoms with E-state index in [9.17, 15) is 14.4 Å². The fraction of sp³-hybridized carbons (Fsp3) is 0.942. The van der Waals surface area contributed by atoms with Gasteiger partial charge in [-0.2, -0.15) is 0 Å². The Bertz CT molecular complexity index is 859. The second-order valence-corrected chi connectivity index (χ2v) is 17.8. The minimum absolute atomic E-state index is 0.0624. The van der Waals surface area contributed by atoms with Crippen LogP contribution in [0.5, 0.6) is 0 Å². The lowest BCUT2D eigenvalue weighted by Crippen LogP contribution is -2.30. The van der Waals surface area contributed by atoms with Crippen molar-refractivity contribution in [2.24, 2.45) is 0 Å². The summed E-state index contributed by atoms with van der Waals surface area (Å²) < 4.78 is 16.7. The van der Waals surface area contributed by atoms with Crippen LogP contribution >= 0.6 is 0 Å². The third kappa shape index (κ3) is 45.5. The molecule has 6 nitrogen and oxygen atoms in total. The zero-order valence-electron chi connectivity index (χ0n) is 39.3. The lowest BCUT2D eigenvalue weighted by molar-refractivity contribution is -0.167. The first-order valence-electron chi connectivity index (χ1n) is 26.0. The van der Waals surface area contributed by atoms with Gasteiger partial charge in [0.2, 0.25) is 0 Å². The first-order valence-corrected chi connectivity index (χ1v) is 26.0. The molecule has 0 amide bonds. The monoisotopic (exact) mass is 821 g/mol. The predicted molar refractivity (Wildman–Crippen MR) is 247 cm³/mol. The number of rotatable bonds is 48. The van der Waals surface area contributed by atoms with Gasteiger partial charge in [-0.1, -0.05) is 258 Å². The third-order valence-corrected chi connectivity index (χ3v) is 11.9. The number of hydrogen-bond donors (Lipinski definition) is 0. The smallest absolute Gasteiger partial charge is 0.306 e. The maximum absolute atomic E-state index is 12.8. The van der Waals surface area contributed by atoms with Crippen molar-refractivity contribution in [2.45, 2.75) is 303 Å². The SMILES string of the molecule is CCCCCCCCCCCCCCCCCCCCC(=O)O[C@@H](COC(=O)CCCCCCCCC)COC(=O)CCCCCCCCCCCCCCCCC. The Balaban J connectivity index is 4.18. The second kappa shape index (κ2) is 48.1. The highest BCUT2D eigenvalue weighted by molar-refractivity contribution is 5.71. The van der Waals surface area contributed by atoms with Crippen LogP contribution in [0, 0.1) is 0 Å². The number of esters is 3. The van der Waals surface area contributed by atoms with E-state index in [4.69, 9.17) is 14.2 Å². The van der Waals surface area contributed by atoms with Gasteiger partial charge in [-0.25, -0.2) is 0 Å². The fourth-order valence-corrected chi connectivity index (χ4v) is 7.92. The number of carbonyl (C=O) groups is 3. The fourth-order valence-electron chi connectivity index (χ4n) is 7.92. The van der Waals surface area contributed by atoms with Gasteiger partial charge in [0.05, 0.1) is 0 Å². The Morgan fingerprint density at radius 2 is 0.466 bits per heavy atom. The molecule has 58 heavy (non-hydrogen) atoms. The van der Waals surface area contributed by atoms with E-state index in [1.165, 1.54) is 199 Å². The predicted octanol–water partition coefficient (Wildman–Crippen LogP) is 16.8. The van der Waals surface area contributed by atoms with Crippen LogP contribution in [0.25, 0.3) is 0 Å². The van der Waals surface area contributed by atoms with E-state index in [0.717, 1.165) is 57.8 Å². The van der Waals surface area contributed by atoms with Crippen LogP contribution < -0.4 is 0 Å². The molecule has 0 saturated heterocycles. The van der Waals surface area contributed by atoms with E-state index >= 15 is 0 Å². The molecule has 0 aliphatic heterocycles. The molecule has 0 radical (unpaired) electrons. The molecule has 0 aromatic carbocycles. The average molecular weight is 821 g/mol. The van der Waals surface area contributed by atoms with Gasteiger partial charge in [0.15, 0.2) is 6.10 Å². The van der Waals surface area contributed by atoms with E-state index in [2.05, 4.69) is 20.8 Å². The molecular weight excluding hydrogens is 721 g/mol. The molecule has 344 valence electrons. The molecule has 1 atom stereocenters. The Morgan fingerprint density at radius 3 is 0.690 bits per heavy atom. The van der Waals surface area contributed by atoms with Gasteiger partial charge in [-0.05, 0) is 19.3 Å². The molecule has 0 aromatic rings. The molecule has 0 N–H and O–H groups in total. The minimum Gasteiger partial charge on any atom is -0.462 e. The summed E-state index contributed by atoms with van der Waals surface area (Å²) in [4.78, 5) is 37.8. The Morgan fingerprint density at radius 1 is 0.276 bits per heavy atom. The molecule has 0 aliphatic carbocycles. The molecule has 0 spiro atoms. The summed E-state index contributed by atoms with van der Waals surface area (Å²) in [5.41, 5.74) is 0. The number of unbranched alkanes of at least 4 members (excludes halogenated alkanes) is 37. The van der Waals surface area contributed by atoms with Crippen LogP contribution in [0.1, 0.15) is 297 Å². The van der Waals surface area contributed by atoms with Crippen molar-refractivity contribution in [3.8, 4) is 0 Å². The lowest BCUT2D eigenvalue weighted by Gasteiger charge is -2.18. The summed E-state index contributed by atoms with van der Waals surface area (Å²) in [5.74, 6) is -0.848. The molecule has 0 heterocycles. The minimum atomic E-state index is -0.758. The summed E-state index contributed by atoms with van der Waals surface area (Å²) in [5, 5.41) is 0. The highest BCUT2D eigenvalue weighted by Crippen LogP contribution is 2.17. The van der Waals surface area contributed by atoms with Crippen molar-refractivity contribution in [1.29, 1.82) is 0 Å². The first kappa shape index (κ1) is 56.4. The van der Waals surface area contributed by atoms with Crippen LogP contribution in [0.15, 0.2) is 0 Å². The van der Waals surface area contributed by atoms with Crippen molar-refractivity contribution in [3.63, 3.8) is 0 Å². The maximum Gasteiger partial charge on any atom is 0.306 e. The van der Waals surface area contributed by atoms with E-state index in [0.29, 0.717) is 19.3 Å². The van der Waals surface area contributed by atoms with Crippen LogP contribution in [0.2, 0.25) is 0 Å². The zero-order valence-corrected chi connectivity index (χ0v) is 39.3. The maximum atomic E-state index is 12.8. The van der Waals surface area contributed by atoms with Crippen molar-refractivity contribution >= 4 is 17.9 Å². The summed E-state index contributed by atoms with van der Waals surface area (Å²) in [7, 11) is 0. The largest absolute Gasteiger partial charge is 0.462 e. The van der Waals surface area contributed by atoms with E-state index in [1.54, 1.807) is 0 Å². The summed E-state index contributed by atoms with van der Waals surface area (Å²) in [6.07, 6.45) is 51.0. The second-order valence-electron chi connectivity index (χ2n) is 17.8. The van der Waals surface area contributed by atoms with Crippen LogP contribution in [0.4, 0.5) is 0 Å². The van der Waals surface area contributed by atoms with Crippen LogP contribution in [-0.4, -0.2) is 37.2 Å². The number of hydrogen-bond acceptors (Lipinski definition) is 6. The molecular formula is C52H100O6. The Hall–Kier alpha value is -1.59.